The molecule has 0 amide bonds. The molecule has 1 N–H and O–H groups in total. The molecule has 1 aliphatic rings. The van der Waals surface area contributed by atoms with Crippen molar-refractivity contribution >= 4 is 5.69 Å². The second kappa shape index (κ2) is 5.61. The number of tetrazole rings is 1. The number of nitrogens with one attached hydrogen (secondary N) is 1. The minimum absolute atomic E-state index is 0.600. The lowest BCUT2D eigenvalue weighted by Gasteiger charge is -2.17. The van der Waals surface area contributed by atoms with Crippen molar-refractivity contribution in [1.82, 2.24) is 20.2 Å². The quantitative estimate of drug-likeness (QED) is 0.929. The first-order chi connectivity index (χ1) is 9.76. The maximum Gasteiger partial charge on any atom is 0.143 e. The van der Waals surface area contributed by atoms with Gasteiger partial charge >= 0.3 is 0 Å². The van der Waals surface area contributed by atoms with Crippen LogP contribution in [0.15, 0.2) is 24.5 Å². The molecule has 0 bridgehead atoms. The van der Waals surface area contributed by atoms with Gasteiger partial charge in [-0.05, 0) is 60.2 Å². The van der Waals surface area contributed by atoms with Crippen LogP contribution in [0, 0.1) is 12.8 Å². The predicted octanol–water partition coefficient (Wildman–Crippen LogP) is 2.96. The number of aromatic nitrogens is 4. The summed E-state index contributed by atoms with van der Waals surface area (Å²) in [6, 6.07) is 6.89. The molecule has 1 fully saturated rings. The zero-order valence-corrected chi connectivity index (χ0v) is 12.1. The SMILES string of the molecule is CCC1CCC(Nc2cc(-n3cnnn3)ccc2C)C1. The molecule has 1 aromatic heterocycles. The van der Waals surface area contributed by atoms with Crippen molar-refractivity contribution in [2.45, 2.75) is 45.6 Å². The molecule has 106 valence electrons. The standard InChI is InChI=1S/C15H21N5/c1-3-12-5-6-13(8-12)17-15-9-14(7-4-11(15)2)20-10-16-18-19-20/h4,7,9-10,12-13,17H,3,5-6,8H2,1-2H3. The number of hydrogen-bond donors (Lipinski definition) is 1. The second-order valence-electron chi connectivity index (χ2n) is 5.68. The highest BCUT2D eigenvalue weighted by atomic mass is 15.5. The van der Waals surface area contributed by atoms with Gasteiger partial charge in [-0.3, -0.25) is 0 Å². The molecule has 2 unspecified atom stereocenters. The van der Waals surface area contributed by atoms with E-state index in [1.54, 1.807) is 11.0 Å². The van der Waals surface area contributed by atoms with Gasteiger partial charge in [-0.25, -0.2) is 4.68 Å². The Morgan fingerprint density at radius 3 is 2.95 bits per heavy atom. The number of nitrogens with zero attached hydrogens (tertiary/aromatic N) is 4. The Kier molecular flexibility index (Phi) is 3.67. The lowest BCUT2D eigenvalue weighted by Crippen LogP contribution is -2.16. The molecule has 3 rings (SSSR count). The summed E-state index contributed by atoms with van der Waals surface area (Å²) in [6.07, 6.45) is 6.82. The van der Waals surface area contributed by atoms with Gasteiger partial charge in [-0.15, -0.1) is 5.10 Å². The molecule has 0 saturated heterocycles. The third kappa shape index (κ3) is 2.66. The molecule has 1 saturated carbocycles. The van der Waals surface area contributed by atoms with Crippen molar-refractivity contribution in [2.24, 2.45) is 5.92 Å². The topological polar surface area (TPSA) is 55.6 Å². The average Bonchev–Trinajstić information content (AvgIpc) is 3.12. The van der Waals surface area contributed by atoms with Crippen LogP contribution in [-0.4, -0.2) is 26.2 Å². The Bertz CT molecular complexity index is 564. The summed E-state index contributed by atoms with van der Waals surface area (Å²) in [5.74, 6) is 0.885. The zero-order valence-electron chi connectivity index (χ0n) is 12.1. The predicted molar refractivity (Wildman–Crippen MR) is 78.9 cm³/mol. The summed E-state index contributed by atoms with van der Waals surface area (Å²) in [6.45, 7) is 4.43. The fraction of sp³-hybridized carbons (Fsp3) is 0.533. The van der Waals surface area contributed by atoms with E-state index < -0.39 is 0 Å². The van der Waals surface area contributed by atoms with Gasteiger partial charge in [0.15, 0.2) is 0 Å². The number of hydrogen-bond acceptors (Lipinski definition) is 4. The molecule has 1 heterocycles. The van der Waals surface area contributed by atoms with Gasteiger partial charge in [0, 0.05) is 11.7 Å². The summed E-state index contributed by atoms with van der Waals surface area (Å²) >= 11 is 0. The van der Waals surface area contributed by atoms with Crippen LogP contribution in [0.1, 0.15) is 38.2 Å². The van der Waals surface area contributed by atoms with Crippen LogP contribution in [0.2, 0.25) is 0 Å². The first kappa shape index (κ1) is 13.1. The average molecular weight is 271 g/mol. The summed E-state index contributed by atoms with van der Waals surface area (Å²) in [5.41, 5.74) is 3.45. The fourth-order valence-electron chi connectivity index (χ4n) is 2.98. The van der Waals surface area contributed by atoms with Gasteiger partial charge in [0.05, 0.1) is 5.69 Å². The van der Waals surface area contributed by atoms with Crippen molar-refractivity contribution in [3.8, 4) is 5.69 Å². The third-order valence-corrected chi connectivity index (χ3v) is 4.31. The Balaban J connectivity index is 1.77. The summed E-state index contributed by atoms with van der Waals surface area (Å²) in [7, 11) is 0. The van der Waals surface area contributed by atoms with E-state index in [1.165, 1.54) is 36.9 Å². The fourth-order valence-corrected chi connectivity index (χ4v) is 2.98. The molecule has 2 atom stereocenters. The monoisotopic (exact) mass is 271 g/mol. The highest BCUT2D eigenvalue weighted by molar-refractivity contribution is 5.57. The van der Waals surface area contributed by atoms with E-state index in [9.17, 15) is 0 Å². The van der Waals surface area contributed by atoms with Crippen LogP contribution in [0.4, 0.5) is 5.69 Å². The zero-order chi connectivity index (χ0) is 13.9. The second-order valence-corrected chi connectivity index (χ2v) is 5.68. The smallest absolute Gasteiger partial charge is 0.143 e. The van der Waals surface area contributed by atoms with E-state index in [0.717, 1.165) is 11.6 Å². The first-order valence-corrected chi connectivity index (χ1v) is 7.37. The number of anilines is 1. The highest BCUT2D eigenvalue weighted by Crippen LogP contribution is 2.31. The van der Waals surface area contributed by atoms with Gasteiger partial charge in [-0.2, -0.15) is 0 Å². The lowest BCUT2D eigenvalue weighted by molar-refractivity contribution is 0.525. The van der Waals surface area contributed by atoms with E-state index >= 15 is 0 Å². The molecule has 2 aromatic rings. The van der Waals surface area contributed by atoms with Crippen molar-refractivity contribution in [1.29, 1.82) is 0 Å². The van der Waals surface area contributed by atoms with Crippen molar-refractivity contribution in [3.05, 3.63) is 30.1 Å². The number of rotatable bonds is 4. The van der Waals surface area contributed by atoms with Crippen molar-refractivity contribution in [2.75, 3.05) is 5.32 Å². The molecular weight excluding hydrogens is 250 g/mol. The molecule has 0 spiro atoms. The molecular formula is C15H21N5. The Labute approximate surface area is 119 Å². The van der Waals surface area contributed by atoms with Gasteiger partial charge in [0.1, 0.15) is 6.33 Å². The van der Waals surface area contributed by atoms with Gasteiger partial charge in [-0.1, -0.05) is 19.4 Å². The molecule has 5 nitrogen and oxygen atoms in total. The third-order valence-electron chi connectivity index (χ3n) is 4.31. The first-order valence-electron chi connectivity index (χ1n) is 7.37. The van der Waals surface area contributed by atoms with Gasteiger partial charge in [0.25, 0.3) is 0 Å². The summed E-state index contributed by atoms with van der Waals surface area (Å²) in [4.78, 5) is 0. The van der Waals surface area contributed by atoms with Crippen LogP contribution < -0.4 is 5.32 Å². The minimum Gasteiger partial charge on any atom is -0.382 e. The maximum absolute atomic E-state index is 3.94. The lowest BCUT2D eigenvalue weighted by atomic mass is 10.1. The summed E-state index contributed by atoms with van der Waals surface area (Å²) in [5, 5.41) is 15.0. The van der Waals surface area contributed by atoms with Gasteiger partial charge in [0.2, 0.25) is 0 Å². The normalized spacial score (nSPS) is 22.1. The molecule has 1 aliphatic carbocycles. The molecule has 5 heteroatoms. The Morgan fingerprint density at radius 2 is 2.25 bits per heavy atom. The van der Waals surface area contributed by atoms with Crippen LogP contribution in [0.5, 0.6) is 0 Å². The van der Waals surface area contributed by atoms with E-state index in [4.69, 9.17) is 0 Å². The molecule has 0 aliphatic heterocycles. The van der Waals surface area contributed by atoms with Crippen molar-refractivity contribution in [3.63, 3.8) is 0 Å². The number of benzene rings is 1. The molecule has 20 heavy (non-hydrogen) atoms. The van der Waals surface area contributed by atoms with E-state index in [1.807, 2.05) is 6.07 Å². The van der Waals surface area contributed by atoms with Crippen LogP contribution in [0.3, 0.4) is 0 Å². The van der Waals surface area contributed by atoms with Crippen molar-refractivity contribution < 1.29 is 0 Å². The largest absolute Gasteiger partial charge is 0.382 e. The number of aryl methyl sites for hydroxylation is 1. The van der Waals surface area contributed by atoms with E-state index in [0.29, 0.717) is 6.04 Å². The van der Waals surface area contributed by atoms with Crippen LogP contribution in [0.25, 0.3) is 5.69 Å². The highest BCUT2D eigenvalue weighted by Gasteiger charge is 2.23. The van der Waals surface area contributed by atoms with E-state index in [2.05, 4.69) is 46.8 Å². The summed E-state index contributed by atoms with van der Waals surface area (Å²) < 4.78 is 1.69. The Hall–Kier alpha value is -1.91. The molecule has 1 aromatic carbocycles. The van der Waals surface area contributed by atoms with E-state index in [-0.39, 0.29) is 0 Å². The minimum atomic E-state index is 0.600. The van der Waals surface area contributed by atoms with Crippen LogP contribution >= 0.6 is 0 Å². The molecule has 0 radical (unpaired) electrons. The Morgan fingerprint density at radius 1 is 1.35 bits per heavy atom. The maximum atomic E-state index is 3.94. The van der Waals surface area contributed by atoms with Gasteiger partial charge < -0.3 is 5.32 Å². The van der Waals surface area contributed by atoms with Crippen LogP contribution in [-0.2, 0) is 0 Å².